The van der Waals surface area contributed by atoms with Crippen LogP contribution in [0.15, 0.2) is 29.2 Å². The van der Waals surface area contributed by atoms with Crippen molar-refractivity contribution in [3.8, 4) is 0 Å². The number of rotatable bonds is 5. The second kappa shape index (κ2) is 7.31. The molecule has 1 aromatic carbocycles. The average Bonchev–Trinajstić information content (AvgIpc) is 2.53. The fourth-order valence-electron chi connectivity index (χ4n) is 5.13. The fraction of sp³-hybridized carbons (Fsp3) is 0.650. The molecule has 2 aliphatic rings. The number of nitrogens with one attached hydrogen (secondary N) is 2. The highest BCUT2D eigenvalue weighted by molar-refractivity contribution is 7.89. The molecule has 5 nitrogen and oxygen atoms in total. The molecule has 144 valence electrons. The standard InChI is InChI=1S/C20H30N2O3S/c1-4-20(12-16-9-14(2)10-17(11-16)13-20)22-26(24,25)19-7-5-18(6-8-19)21-15(3)23/h5-8,14,16-17,22H,4,9-13H2,1-3H3,(H,21,23). The molecule has 2 unspecified atom stereocenters. The van der Waals surface area contributed by atoms with Gasteiger partial charge in [-0.05, 0) is 80.5 Å². The van der Waals surface area contributed by atoms with Crippen LogP contribution in [0.3, 0.4) is 0 Å². The fourth-order valence-corrected chi connectivity index (χ4v) is 6.62. The van der Waals surface area contributed by atoms with E-state index in [1.165, 1.54) is 26.2 Å². The number of carbonyl (C=O) groups is 1. The molecule has 2 N–H and O–H groups in total. The van der Waals surface area contributed by atoms with E-state index in [4.69, 9.17) is 0 Å². The summed E-state index contributed by atoms with van der Waals surface area (Å²) in [6.45, 7) is 5.84. The van der Waals surface area contributed by atoms with Crippen molar-refractivity contribution in [1.29, 1.82) is 0 Å². The summed E-state index contributed by atoms with van der Waals surface area (Å²) in [5.41, 5.74) is 0.269. The van der Waals surface area contributed by atoms with E-state index in [1.807, 2.05) is 0 Å². The quantitative estimate of drug-likeness (QED) is 0.815. The molecule has 2 atom stereocenters. The second-order valence-electron chi connectivity index (χ2n) is 8.40. The Morgan fingerprint density at radius 3 is 2.19 bits per heavy atom. The van der Waals surface area contributed by atoms with Gasteiger partial charge in [0.2, 0.25) is 15.9 Å². The van der Waals surface area contributed by atoms with E-state index < -0.39 is 10.0 Å². The molecule has 2 aliphatic carbocycles. The largest absolute Gasteiger partial charge is 0.326 e. The maximum atomic E-state index is 13.0. The van der Waals surface area contributed by atoms with Gasteiger partial charge in [-0.1, -0.05) is 13.8 Å². The highest BCUT2D eigenvalue weighted by Gasteiger charge is 2.44. The molecule has 0 saturated heterocycles. The molecule has 1 aromatic rings. The predicted molar refractivity (Wildman–Crippen MR) is 103 cm³/mol. The number of fused-ring (bicyclic) bond motifs is 2. The molecule has 2 bridgehead atoms. The number of hydrogen-bond donors (Lipinski definition) is 2. The molecule has 2 saturated carbocycles. The van der Waals surface area contributed by atoms with Gasteiger partial charge in [0.1, 0.15) is 0 Å². The van der Waals surface area contributed by atoms with E-state index in [2.05, 4.69) is 23.9 Å². The van der Waals surface area contributed by atoms with Gasteiger partial charge in [-0.3, -0.25) is 4.79 Å². The Balaban J connectivity index is 1.78. The minimum absolute atomic E-state index is 0.174. The van der Waals surface area contributed by atoms with E-state index in [-0.39, 0.29) is 16.3 Å². The van der Waals surface area contributed by atoms with Crippen molar-refractivity contribution in [1.82, 2.24) is 4.72 Å². The third-order valence-electron chi connectivity index (χ3n) is 6.01. The summed E-state index contributed by atoms with van der Waals surface area (Å²) in [4.78, 5) is 11.4. The van der Waals surface area contributed by atoms with E-state index in [0.717, 1.165) is 25.2 Å². The van der Waals surface area contributed by atoms with Crippen molar-refractivity contribution < 1.29 is 13.2 Å². The molecule has 0 aliphatic heterocycles. The molecule has 6 heteroatoms. The molecule has 2 fully saturated rings. The Morgan fingerprint density at radius 2 is 1.69 bits per heavy atom. The summed E-state index contributed by atoms with van der Waals surface area (Å²) in [5.74, 6) is 1.84. The number of benzene rings is 1. The first-order chi connectivity index (χ1) is 12.2. The van der Waals surface area contributed by atoms with Crippen molar-refractivity contribution in [2.24, 2.45) is 17.8 Å². The average molecular weight is 379 g/mol. The molecule has 0 aromatic heterocycles. The highest BCUT2D eigenvalue weighted by atomic mass is 32.2. The van der Waals surface area contributed by atoms with Gasteiger partial charge >= 0.3 is 0 Å². The number of hydrogen-bond acceptors (Lipinski definition) is 3. The van der Waals surface area contributed by atoms with E-state index >= 15 is 0 Å². The zero-order valence-corrected chi connectivity index (χ0v) is 16.7. The van der Waals surface area contributed by atoms with Crippen LogP contribution in [0.4, 0.5) is 5.69 Å². The lowest BCUT2D eigenvalue weighted by molar-refractivity contribution is -0.114. The second-order valence-corrected chi connectivity index (χ2v) is 10.1. The minimum Gasteiger partial charge on any atom is -0.326 e. The van der Waals surface area contributed by atoms with E-state index in [9.17, 15) is 13.2 Å². The van der Waals surface area contributed by atoms with Crippen LogP contribution in [0, 0.1) is 17.8 Å². The van der Waals surface area contributed by atoms with Crippen LogP contribution in [0.2, 0.25) is 0 Å². The summed E-state index contributed by atoms with van der Waals surface area (Å²) in [5, 5.41) is 2.66. The van der Waals surface area contributed by atoms with Crippen molar-refractivity contribution in [3.63, 3.8) is 0 Å². The highest BCUT2D eigenvalue weighted by Crippen LogP contribution is 2.47. The van der Waals surface area contributed by atoms with Crippen LogP contribution in [0.25, 0.3) is 0 Å². The predicted octanol–water partition coefficient (Wildman–Crippen LogP) is 3.92. The SMILES string of the molecule is CCC1(NS(=O)(=O)c2ccc(NC(C)=O)cc2)CC2CC(C)CC(C2)C1. The Morgan fingerprint density at radius 1 is 1.12 bits per heavy atom. The molecule has 0 radical (unpaired) electrons. The zero-order chi connectivity index (χ0) is 18.9. The molecule has 26 heavy (non-hydrogen) atoms. The Bertz CT molecular complexity index is 740. The van der Waals surface area contributed by atoms with Crippen LogP contribution in [0.1, 0.15) is 59.3 Å². The van der Waals surface area contributed by atoms with Gasteiger partial charge in [-0.15, -0.1) is 0 Å². The van der Waals surface area contributed by atoms with Gasteiger partial charge in [-0.25, -0.2) is 13.1 Å². The first-order valence-corrected chi connectivity index (χ1v) is 11.1. The summed E-state index contributed by atoms with van der Waals surface area (Å²) in [6.07, 6.45) is 6.37. The Kier molecular flexibility index (Phi) is 5.45. The summed E-state index contributed by atoms with van der Waals surface area (Å²) in [7, 11) is -3.58. The molecule has 3 rings (SSSR count). The van der Waals surface area contributed by atoms with E-state index in [0.29, 0.717) is 17.5 Å². The number of anilines is 1. The topological polar surface area (TPSA) is 75.3 Å². The Labute approximate surface area is 157 Å². The molecule has 1 amide bonds. The van der Waals surface area contributed by atoms with Gasteiger partial charge < -0.3 is 5.32 Å². The van der Waals surface area contributed by atoms with Gasteiger partial charge in [-0.2, -0.15) is 0 Å². The first-order valence-electron chi connectivity index (χ1n) is 9.63. The van der Waals surface area contributed by atoms with Crippen LogP contribution < -0.4 is 10.0 Å². The Hall–Kier alpha value is -1.40. The minimum atomic E-state index is -3.58. The monoisotopic (exact) mass is 378 g/mol. The third kappa shape index (κ3) is 4.29. The summed E-state index contributed by atoms with van der Waals surface area (Å²) in [6, 6.07) is 6.38. The normalized spacial score (nSPS) is 31.4. The van der Waals surface area contributed by atoms with Crippen LogP contribution in [0.5, 0.6) is 0 Å². The summed E-state index contributed by atoms with van der Waals surface area (Å²) >= 11 is 0. The third-order valence-corrected chi connectivity index (χ3v) is 7.60. The van der Waals surface area contributed by atoms with Crippen molar-refractivity contribution in [3.05, 3.63) is 24.3 Å². The maximum Gasteiger partial charge on any atom is 0.241 e. The smallest absolute Gasteiger partial charge is 0.241 e. The van der Waals surface area contributed by atoms with Crippen LogP contribution >= 0.6 is 0 Å². The lowest BCUT2D eigenvalue weighted by atomic mass is 9.62. The lowest BCUT2D eigenvalue weighted by Crippen LogP contribution is -2.54. The van der Waals surface area contributed by atoms with Gasteiger partial charge in [0, 0.05) is 18.2 Å². The van der Waals surface area contributed by atoms with Crippen molar-refractivity contribution in [2.75, 3.05) is 5.32 Å². The van der Waals surface area contributed by atoms with E-state index in [1.54, 1.807) is 24.3 Å². The molecular weight excluding hydrogens is 348 g/mol. The molecule has 0 spiro atoms. The molecule has 0 heterocycles. The zero-order valence-electron chi connectivity index (χ0n) is 15.9. The first kappa shape index (κ1) is 19.4. The van der Waals surface area contributed by atoms with Crippen molar-refractivity contribution >= 4 is 21.6 Å². The lowest BCUT2D eigenvalue weighted by Gasteiger charge is -2.48. The molecular formula is C20H30N2O3S. The van der Waals surface area contributed by atoms with Crippen LogP contribution in [-0.4, -0.2) is 19.9 Å². The van der Waals surface area contributed by atoms with Crippen molar-refractivity contribution in [2.45, 2.75) is 69.7 Å². The van der Waals surface area contributed by atoms with Gasteiger partial charge in [0.15, 0.2) is 0 Å². The maximum absolute atomic E-state index is 13.0. The number of amides is 1. The van der Waals surface area contributed by atoms with Gasteiger partial charge in [0.25, 0.3) is 0 Å². The summed E-state index contributed by atoms with van der Waals surface area (Å²) < 4.78 is 29.0. The number of sulfonamides is 1. The number of carbonyl (C=O) groups excluding carboxylic acids is 1. The van der Waals surface area contributed by atoms with Crippen LogP contribution in [-0.2, 0) is 14.8 Å². The van der Waals surface area contributed by atoms with Gasteiger partial charge in [0.05, 0.1) is 4.90 Å².